The van der Waals surface area contributed by atoms with Crippen LogP contribution in [-0.4, -0.2) is 24.9 Å². The molecule has 1 aromatic heterocycles. The highest BCUT2D eigenvalue weighted by Gasteiger charge is 2.10. The van der Waals surface area contributed by atoms with Crippen molar-refractivity contribution in [3.63, 3.8) is 0 Å². The van der Waals surface area contributed by atoms with Gasteiger partial charge in [0, 0.05) is 40.9 Å². The number of nitrogens with two attached hydrogens (primary N) is 1. The lowest BCUT2D eigenvalue weighted by Crippen LogP contribution is -2.21. The molecular formula is C14H16BrN3OS. The van der Waals surface area contributed by atoms with Crippen LogP contribution in [0.4, 0.5) is 11.4 Å². The maximum Gasteiger partial charge on any atom is 0.253 e. The van der Waals surface area contributed by atoms with Crippen LogP contribution in [0.25, 0.3) is 0 Å². The zero-order chi connectivity index (χ0) is 14.7. The van der Waals surface area contributed by atoms with Gasteiger partial charge in [-0.05, 0) is 40.2 Å². The van der Waals surface area contributed by atoms with Gasteiger partial charge in [0.05, 0.1) is 11.4 Å². The fourth-order valence-corrected chi connectivity index (χ4v) is 3.12. The van der Waals surface area contributed by atoms with Gasteiger partial charge in [-0.15, -0.1) is 11.3 Å². The van der Waals surface area contributed by atoms with Crippen molar-refractivity contribution < 1.29 is 4.79 Å². The maximum absolute atomic E-state index is 11.9. The van der Waals surface area contributed by atoms with Gasteiger partial charge in [0.15, 0.2) is 0 Å². The topological polar surface area (TPSA) is 58.4 Å². The smallest absolute Gasteiger partial charge is 0.253 e. The Morgan fingerprint density at radius 1 is 1.40 bits per heavy atom. The molecule has 106 valence electrons. The molecule has 0 aliphatic heterocycles. The summed E-state index contributed by atoms with van der Waals surface area (Å²) in [6.07, 6.45) is 0. The number of rotatable bonds is 4. The van der Waals surface area contributed by atoms with Gasteiger partial charge in [-0.3, -0.25) is 4.79 Å². The van der Waals surface area contributed by atoms with Crippen molar-refractivity contribution in [1.82, 2.24) is 4.90 Å². The lowest BCUT2D eigenvalue weighted by atomic mass is 10.1. The Bertz CT molecular complexity index is 625. The number of carbonyl (C=O) groups excluding carboxylic acids is 1. The number of anilines is 2. The van der Waals surface area contributed by atoms with E-state index in [-0.39, 0.29) is 5.91 Å². The standard InChI is InChI=1S/C14H16BrN3OS/c1-18(2)14(19)9-3-4-12(16)13(5-9)17-7-11-6-10(15)8-20-11/h3-6,8,17H,7,16H2,1-2H3. The van der Waals surface area contributed by atoms with Crippen LogP contribution in [0.3, 0.4) is 0 Å². The number of nitrogens with one attached hydrogen (secondary N) is 1. The van der Waals surface area contributed by atoms with Gasteiger partial charge in [-0.2, -0.15) is 0 Å². The van der Waals surface area contributed by atoms with Crippen LogP contribution in [0, 0.1) is 0 Å². The second-order valence-electron chi connectivity index (χ2n) is 4.59. The van der Waals surface area contributed by atoms with Crippen molar-refractivity contribution in [2.75, 3.05) is 25.1 Å². The molecule has 0 atom stereocenters. The van der Waals surface area contributed by atoms with Crippen LogP contribution in [0.5, 0.6) is 0 Å². The Kier molecular flexibility index (Phi) is 4.67. The summed E-state index contributed by atoms with van der Waals surface area (Å²) in [7, 11) is 3.46. The van der Waals surface area contributed by atoms with E-state index in [1.54, 1.807) is 48.5 Å². The highest BCUT2D eigenvalue weighted by atomic mass is 79.9. The van der Waals surface area contributed by atoms with E-state index in [1.807, 2.05) is 5.38 Å². The Labute approximate surface area is 130 Å². The van der Waals surface area contributed by atoms with Crippen LogP contribution in [0.15, 0.2) is 34.1 Å². The van der Waals surface area contributed by atoms with E-state index < -0.39 is 0 Å². The summed E-state index contributed by atoms with van der Waals surface area (Å²) in [6, 6.07) is 7.34. The summed E-state index contributed by atoms with van der Waals surface area (Å²) >= 11 is 5.09. The van der Waals surface area contributed by atoms with Gasteiger partial charge < -0.3 is 16.0 Å². The predicted molar refractivity (Wildman–Crippen MR) is 88.2 cm³/mol. The van der Waals surface area contributed by atoms with Gasteiger partial charge >= 0.3 is 0 Å². The predicted octanol–water partition coefficient (Wildman–Crippen LogP) is 3.41. The molecule has 0 spiro atoms. The molecule has 1 aromatic carbocycles. The van der Waals surface area contributed by atoms with Gasteiger partial charge in [-0.25, -0.2) is 0 Å². The minimum atomic E-state index is -0.0353. The molecule has 2 aromatic rings. The number of nitrogen functional groups attached to an aromatic ring is 1. The van der Waals surface area contributed by atoms with E-state index in [2.05, 4.69) is 27.3 Å². The van der Waals surface area contributed by atoms with Crippen LogP contribution in [0.1, 0.15) is 15.2 Å². The van der Waals surface area contributed by atoms with Crippen molar-refractivity contribution in [3.8, 4) is 0 Å². The van der Waals surface area contributed by atoms with Crippen molar-refractivity contribution >= 4 is 44.5 Å². The molecule has 2 rings (SSSR count). The number of hydrogen-bond donors (Lipinski definition) is 2. The average Bonchev–Trinajstić information content (AvgIpc) is 2.82. The lowest BCUT2D eigenvalue weighted by molar-refractivity contribution is 0.0827. The maximum atomic E-state index is 11.9. The Hall–Kier alpha value is -1.53. The van der Waals surface area contributed by atoms with Crippen molar-refractivity contribution in [2.45, 2.75) is 6.54 Å². The molecule has 0 aliphatic carbocycles. The fourth-order valence-electron chi connectivity index (χ4n) is 1.73. The second kappa shape index (κ2) is 6.28. The van der Waals surface area contributed by atoms with Crippen LogP contribution in [0.2, 0.25) is 0 Å². The molecule has 0 fully saturated rings. The Balaban J connectivity index is 2.14. The first kappa shape index (κ1) is 14.9. The SMILES string of the molecule is CN(C)C(=O)c1ccc(N)c(NCc2cc(Br)cs2)c1. The molecule has 0 saturated heterocycles. The third kappa shape index (κ3) is 3.52. The van der Waals surface area contributed by atoms with E-state index in [0.717, 1.165) is 10.2 Å². The van der Waals surface area contributed by atoms with Crippen molar-refractivity contribution in [1.29, 1.82) is 0 Å². The molecule has 0 unspecified atom stereocenters. The van der Waals surface area contributed by atoms with Gasteiger partial charge in [-0.1, -0.05) is 0 Å². The molecule has 0 saturated carbocycles. The van der Waals surface area contributed by atoms with E-state index in [9.17, 15) is 4.79 Å². The van der Waals surface area contributed by atoms with Crippen LogP contribution < -0.4 is 11.1 Å². The summed E-state index contributed by atoms with van der Waals surface area (Å²) < 4.78 is 1.07. The number of thiophene rings is 1. The zero-order valence-electron chi connectivity index (χ0n) is 11.3. The average molecular weight is 354 g/mol. The molecule has 0 radical (unpaired) electrons. The first-order valence-corrected chi connectivity index (χ1v) is 7.72. The number of nitrogens with zero attached hydrogens (tertiary/aromatic N) is 1. The van der Waals surface area contributed by atoms with Crippen LogP contribution in [-0.2, 0) is 6.54 Å². The van der Waals surface area contributed by atoms with Crippen LogP contribution >= 0.6 is 27.3 Å². The first-order valence-electron chi connectivity index (χ1n) is 6.05. The summed E-state index contributed by atoms with van der Waals surface area (Å²) in [5, 5.41) is 5.30. The van der Waals surface area contributed by atoms with Crippen molar-refractivity contribution in [3.05, 3.63) is 44.6 Å². The number of halogens is 1. The second-order valence-corrected chi connectivity index (χ2v) is 6.50. The van der Waals surface area contributed by atoms with Gasteiger partial charge in [0.1, 0.15) is 0 Å². The number of benzene rings is 1. The molecule has 4 nitrogen and oxygen atoms in total. The Morgan fingerprint density at radius 3 is 2.75 bits per heavy atom. The molecule has 3 N–H and O–H groups in total. The first-order chi connectivity index (χ1) is 9.47. The van der Waals surface area contributed by atoms with E-state index in [1.165, 1.54) is 4.88 Å². The normalized spacial score (nSPS) is 10.3. The molecule has 0 bridgehead atoms. The molecule has 6 heteroatoms. The number of amides is 1. The van der Waals surface area contributed by atoms with E-state index in [0.29, 0.717) is 17.8 Å². The largest absolute Gasteiger partial charge is 0.397 e. The lowest BCUT2D eigenvalue weighted by Gasteiger charge is -2.13. The van der Waals surface area contributed by atoms with Gasteiger partial charge in [0.25, 0.3) is 5.91 Å². The summed E-state index contributed by atoms with van der Waals surface area (Å²) in [5.41, 5.74) is 7.98. The van der Waals surface area contributed by atoms with E-state index >= 15 is 0 Å². The molecule has 1 heterocycles. The highest BCUT2D eigenvalue weighted by Crippen LogP contribution is 2.24. The minimum absolute atomic E-state index is 0.0353. The number of hydrogen-bond acceptors (Lipinski definition) is 4. The summed E-state index contributed by atoms with van der Waals surface area (Å²) in [4.78, 5) is 14.7. The highest BCUT2D eigenvalue weighted by molar-refractivity contribution is 9.10. The third-order valence-corrected chi connectivity index (χ3v) is 4.48. The minimum Gasteiger partial charge on any atom is -0.397 e. The van der Waals surface area contributed by atoms with Crippen molar-refractivity contribution in [2.24, 2.45) is 0 Å². The number of carbonyl (C=O) groups is 1. The van der Waals surface area contributed by atoms with E-state index in [4.69, 9.17) is 5.73 Å². The molecule has 20 heavy (non-hydrogen) atoms. The zero-order valence-corrected chi connectivity index (χ0v) is 13.7. The Morgan fingerprint density at radius 2 is 2.15 bits per heavy atom. The van der Waals surface area contributed by atoms with Gasteiger partial charge in [0.2, 0.25) is 0 Å². The quantitative estimate of drug-likeness (QED) is 0.828. The molecular weight excluding hydrogens is 338 g/mol. The monoisotopic (exact) mass is 353 g/mol. The summed E-state index contributed by atoms with van der Waals surface area (Å²) in [6.45, 7) is 0.681. The molecule has 0 aliphatic rings. The third-order valence-electron chi connectivity index (χ3n) is 2.78. The summed E-state index contributed by atoms with van der Waals surface area (Å²) in [5.74, 6) is -0.0353. The fraction of sp³-hybridized carbons (Fsp3) is 0.214. The molecule has 1 amide bonds.